The molecule has 0 spiro atoms. The number of pyridine rings is 1. The standard InChI is InChI=1S/C13H18N4O4S/c1-16-12-3-4-17(8-11(12)15-13(16)18)22(19,20)10-5-9(21-2)6-14-7-10/h5-7,11-12H,3-4,8H2,1-2H3,(H,15,18)/t11-,12+/m1/s1. The molecule has 3 rings (SSSR count). The van der Waals surface area contributed by atoms with Crippen LogP contribution in [0.25, 0.3) is 0 Å². The molecular weight excluding hydrogens is 308 g/mol. The van der Waals surface area contributed by atoms with Crippen molar-refractivity contribution in [1.82, 2.24) is 19.5 Å². The molecule has 0 bridgehead atoms. The number of fused-ring (bicyclic) bond motifs is 1. The fraction of sp³-hybridized carbons (Fsp3) is 0.538. The van der Waals surface area contributed by atoms with E-state index in [9.17, 15) is 13.2 Å². The number of amides is 2. The number of hydrogen-bond donors (Lipinski definition) is 1. The lowest BCUT2D eigenvalue weighted by Gasteiger charge is -2.34. The summed E-state index contributed by atoms with van der Waals surface area (Å²) < 4.78 is 31.8. The predicted molar refractivity (Wildman–Crippen MR) is 78.0 cm³/mol. The molecule has 0 unspecified atom stereocenters. The highest BCUT2D eigenvalue weighted by atomic mass is 32.2. The smallest absolute Gasteiger partial charge is 0.317 e. The van der Waals surface area contributed by atoms with E-state index in [0.717, 1.165) is 0 Å². The predicted octanol–water partition coefficient (Wildman–Crippen LogP) is -0.123. The Kier molecular flexibility index (Phi) is 3.69. The monoisotopic (exact) mass is 326 g/mol. The molecule has 22 heavy (non-hydrogen) atoms. The van der Waals surface area contributed by atoms with E-state index in [1.54, 1.807) is 11.9 Å². The molecule has 1 aromatic rings. The highest BCUT2D eigenvalue weighted by Crippen LogP contribution is 2.26. The lowest BCUT2D eigenvalue weighted by atomic mass is 10.0. The third kappa shape index (κ3) is 2.40. The molecule has 2 atom stereocenters. The number of rotatable bonds is 3. The summed E-state index contributed by atoms with van der Waals surface area (Å²) in [7, 11) is -0.454. The first-order chi connectivity index (χ1) is 10.4. The van der Waals surface area contributed by atoms with Gasteiger partial charge in [-0.15, -0.1) is 0 Å². The highest BCUT2D eigenvalue weighted by Gasteiger charge is 2.43. The molecule has 1 aromatic heterocycles. The number of urea groups is 1. The summed E-state index contributed by atoms with van der Waals surface area (Å²) in [5.74, 6) is 0.393. The third-order valence-corrected chi connectivity index (χ3v) is 6.06. The van der Waals surface area contributed by atoms with Crippen LogP contribution in [0.4, 0.5) is 4.79 Å². The van der Waals surface area contributed by atoms with Gasteiger partial charge in [0.1, 0.15) is 10.6 Å². The number of hydrogen-bond acceptors (Lipinski definition) is 5. The Bertz CT molecular complexity index is 693. The molecule has 2 aliphatic rings. The fourth-order valence-electron chi connectivity index (χ4n) is 2.95. The fourth-order valence-corrected chi connectivity index (χ4v) is 4.41. The van der Waals surface area contributed by atoms with Crippen LogP contribution in [0.5, 0.6) is 5.75 Å². The number of likely N-dealkylation sites (N-methyl/N-ethyl adjacent to an activating group) is 1. The number of carbonyl (C=O) groups is 1. The van der Waals surface area contributed by atoms with Crippen LogP contribution >= 0.6 is 0 Å². The number of sulfonamides is 1. The summed E-state index contributed by atoms with van der Waals surface area (Å²) in [6.45, 7) is 0.639. The van der Waals surface area contributed by atoms with Gasteiger partial charge in [0.15, 0.2) is 0 Å². The maximum Gasteiger partial charge on any atom is 0.317 e. The minimum atomic E-state index is -3.65. The Morgan fingerprint density at radius 1 is 1.41 bits per heavy atom. The van der Waals surface area contributed by atoms with E-state index in [2.05, 4.69) is 10.3 Å². The van der Waals surface area contributed by atoms with E-state index in [-0.39, 0.29) is 29.6 Å². The van der Waals surface area contributed by atoms with Crippen LogP contribution in [0.2, 0.25) is 0 Å². The summed E-state index contributed by atoms with van der Waals surface area (Å²) >= 11 is 0. The number of carbonyl (C=O) groups excluding carboxylic acids is 1. The number of ether oxygens (including phenoxy) is 1. The van der Waals surface area contributed by atoms with Crippen molar-refractivity contribution in [2.75, 3.05) is 27.2 Å². The Labute approximate surface area is 129 Å². The molecule has 9 heteroatoms. The summed E-state index contributed by atoms with van der Waals surface area (Å²) in [6, 6.07) is 1.16. The van der Waals surface area contributed by atoms with Crippen molar-refractivity contribution in [3.8, 4) is 5.75 Å². The molecule has 120 valence electrons. The van der Waals surface area contributed by atoms with E-state index in [1.807, 2.05) is 0 Å². The zero-order valence-corrected chi connectivity index (χ0v) is 13.2. The molecule has 0 aliphatic carbocycles. The Balaban J connectivity index is 1.83. The lowest BCUT2D eigenvalue weighted by Crippen LogP contribution is -2.52. The van der Waals surface area contributed by atoms with E-state index in [0.29, 0.717) is 18.7 Å². The van der Waals surface area contributed by atoms with Crippen LogP contribution in [0, 0.1) is 0 Å². The van der Waals surface area contributed by atoms with Crippen LogP contribution < -0.4 is 10.1 Å². The molecular formula is C13H18N4O4S. The van der Waals surface area contributed by atoms with Crippen molar-refractivity contribution in [3.05, 3.63) is 18.5 Å². The maximum absolute atomic E-state index is 12.7. The number of aromatic nitrogens is 1. The van der Waals surface area contributed by atoms with Gasteiger partial charge in [-0.1, -0.05) is 0 Å². The third-order valence-electron chi connectivity index (χ3n) is 4.23. The summed E-state index contributed by atoms with van der Waals surface area (Å²) in [5, 5.41) is 2.82. The van der Waals surface area contributed by atoms with E-state index in [4.69, 9.17) is 4.74 Å². The first-order valence-electron chi connectivity index (χ1n) is 6.96. The summed E-state index contributed by atoms with van der Waals surface area (Å²) in [6.07, 6.45) is 3.37. The quantitative estimate of drug-likeness (QED) is 0.836. The Morgan fingerprint density at radius 2 is 2.18 bits per heavy atom. The lowest BCUT2D eigenvalue weighted by molar-refractivity contribution is 0.197. The molecule has 0 saturated carbocycles. The van der Waals surface area contributed by atoms with Gasteiger partial charge in [0.05, 0.1) is 25.4 Å². The van der Waals surface area contributed by atoms with Gasteiger partial charge in [-0.3, -0.25) is 4.98 Å². The molecule has 2 amide bonds. The van der Waals surface area contributed by atoms with Gasteiger partial charge in [-0.2, -0.15) is 4.31 Å². The van der Waals surface area contributed by atoms with Crippen molar-refractivity contribution in [2.24, 2.45) is 0 Å². The average Bonchev–Trinajstić information content (AvgIpc) is 2.81. The van der Waals surface area contributed by atoms with Crippen LogP contribution in [-0.2, 0) is 10.0 Å². The van der Waals surface area contributed by atoms with Gasteiger partial charge in [-0.05, 0) is 6.42 Å². The van der Waals surface area contributed by atoms with Crippen molar-refractivity contribution in [1.29, 1.82) is 0 Å². The average molecular weight is 326 g/mol. The highest BCUT2D eigenvalue weighted by molar-refractivity contribution is 7.89. The van der Waals surface area contributed by atoms with Gasteiger partial charge < -0.3 is 15.0 Å². The van der Waals surface area contributed by atoms with Gasteiger partial charge >= 0.3 is 6.03 Å². The molecule has 2 saturated heterocycles. The van der Waals surface area contributed by atoms with E-state index < -0.39 is 10.0 Å². The maximum atomic E-state index is 12.7. The van der Waals surface area contributed by atoms with Crippen molar-refractivity contribution >= 4 is 16.1 Å². The first kappa shape index (κ1) is 15.0. The van der Waals surface area contributed by atoms with Crippen LogP contribution in [0.1, 0.15) is 6.42 Å². The second-order valence-corrected chi connectivity index (χ2v) is 7.38. The zero-order chi connectivity index (χ0) is 15.9. The molecule has 3 heterocycles. The Morgan fingerprint density at radius 3 is 2.91 bits per heavy atom. The van der Waals surface area contributed by atoms with Crippen LogP contribution in [0.3, 0.4) is 0 Å². The van der Waals surface area contributed by atoms with Crippen molar-refractivity contribution in [3.63, 3.8) is 0 Å². The minimum absolute atomic E-state index is 0.0439. The summed E-state index contributed by atoms with van der Waals surface area (Å²) in [4.78, 5) is 17.3. The first-order valence-corrected chi connectivity index (χ1v) is 8.40. The SMILES string of the molecule is COc1cncc(S(=O)(=O)N2CC[C@H]3[C@@H](C2)NC(=O)N3C)c1. The molecule has 2 fully saturated rings. The van der Waals surface area contributed by atoms with E-state index >= 15 is 0 Å². The Hall–Kier alpha value is -1.87. The van der Waals surface area contributed by atoms with Gasteiger partial charge in [0, 0.05) is 32.4 Å². The molecule has 2 aliphatic heterocycles. The van der Waals surface area contributed by atoms with E-state index in [1.165, 1.54) is 29.9 Å². The van der Waals surface area contributed by atoms with Gasteiger partial charge in [0.2, 0.25) is 10.0 Å². The van der Waals surface area contributed by atoms with Gasteiger partial charge in [-0.25, -0.2) is 13.2 Å². The van der Waals surface area contributed by atoms with Crippen LogP contribution in [0.15, 0.2) is 23.4 Å². The normalized spacial score (nSPS) is 25.7. The number of nitrogens with one attached hydrogen (secondary N) is 1. The molecule has 0 aromatic carbocycles. The summed E-state index contributed by atoms with van der Waals surface area (Å²) in [5.41, 5.74) is 0. The van der Waals surface area contributed by atoms with Crippen LogP contribution in [-0.4, -0.2) is 68.0 Å². The van der Waals surface area contributed by atoms with Crippen molar-refractivity contribution in [2.45, 2.75) is 23.4 Å². The van der Waals surface area contributed by atoms with Crippen molar-refractivity contribution < 1.29 is 17.9 Å². The second-order valence-electron chi connectivity index (χ2n) is 5.45. The zero-order valence-electron chi connectivity index (χ0n) is 12.4. The topological polar surface area (TPSA) is 91.8 Å². The minimum Gasteiger partial charge on any atom is -0.495 e. The molecule has 1 N–H and O–H groups in total. The second kappa shape index (κ2) is 5.40. The molecule has 8 nitrogen and oxygen atoms in total. The molecule has 0 radical (unpaired) electrons. The largest absolute Gasteiger partial charge is 0.495 e. The van der Waals surface area contributed by atoms with Gasteiger partial charge in [0.25, 0.3) is 0 Å². The number of piperidine rings is 1. The number of nitrogens with zero attached hydrogens (tertiary/aromatic N) is 3. The number of methoxy groups -OCH3 is 1.